The first kappa shape index (κ1) is 15.8. The van der Waals surface area contributed by atoms with Crippen LogP contribution in [0.2, 0.25) is 10.0 Å². The van der Waals surface area contributed by atoms with Gasteiger partial charge in [0.15, 0.2) is 0 Å². The molecule has 1 rings (SSSR count). The Bertz CT molecular complexity index is 457. The minimum Gasteiger partial charge on any atom is -0.481 e. The Labute approximate surface area is 121 Å². The summed E-state index contributed by atoms with van der Waals surface area (Å²) in [5, 5.41) is 12.2. The molecule has 1 aromatic carbocycles. The first-order chi connectivity index (χ1) is 8.90. The molecule has 0 radical (unpaired) electrons. The van der Waals surface area contributed by atoms with Crippen LogP contribution < -0.4 is 5.32 Å². The zero-order chi connectivity index (χ0) is 14.4. The fraction of sp³-hybridized carbons (Fsp3) is 0.385. The predicted molar refractivity (Wildman–Crippen MR) is 74.8 cm³/mol. The number of carboxylic acids is 1. The Hall–Kier alpha value is -1.26. The van der Waals surface area contributed by atoms with Crippen molar-refractivity contribution in [2.24, 2.45) is 5.92 Å². The van der Waals surface area contributed by atoms with Gasteiger partial charge in [0.25, 0.3) is 5.91 Å². The number of nitrogens with one attached hydrogen (secondary N) is 1. The van der Waals surface area contributed by atoms with Crippen molar-refractivity contribution in [2.75, 3.05) is 6.54 Å². The number of benzene rings is 1. The third kappa shape index (κ3) is 5.49. The van der Waals surface area contributed by atoms with E-state index in [9.17, 15) is 9.59 Å². The van der Waals surface area contributed by atoms with E-state index in [0.717, 1.165) is 0 Å². The predicted octanol–water partition coefficient (Wildman–Crippen LogP) is 3.22. The lowest BCUT2D eigenvalue weighted by molar-refractivity contribution is -0.141. The van der Waals surface area contributed by atoms with Gasteiger partial charge in [0.1, 0.15) is 0 Å². The van der Waals surface area contributed by atoms with Crippen molar-refractivity contribution in [3.05, 3.63) is 33.8 Å². The molecule has 6 heteroatoms. The second kappa shape index (κ2) is 7.36. The summed E-state index contributed by atoms with van der Waals surface area (Å²) < 4.78 is 0. The maximum absolute atomic E-state index is 11.8. The highest BCUT2D eigenvalue weighted by atomic mass is 35.5. The van der Waals surface area contributed by atoms with Crippen LogP contribution >= 0.6 is 23.2 Å². The molecule has 1 unspecified atom stereocenters. The van der Waals surface area contributed by atoms with E-state index < -0.39 is 11.9 Å². The van der Waals surface area contributed by atoms with Gasteiger partial charge in [0, 0.05) is 22.2 Å². The number of aliphatic carboxylic acids is 1. The van der Waals surface area contributed by atoms with Crippen LogP contribution in [0.4, 0.5) is 0 Å². The largest absolute Gasteiger partial charge is 0.481 e. The van der Waals surface area contributed by atoms with Crippen LogP contribution in [0.15, 0.2) is 18.2 Å². The van der Waals surface area contributed by atoms with Crippen LogP contribution in [-0.4, -0.2) is 23.5 Å². The minimum absolute atomic E-state index is 0.271. The molecule has 104 valence electrons. The number of amides is 1. The molecule has 0 aliphatic carbocycles. The van der Waals surface area contributed by atoms with Crippen molar-refractivity contribution in [2.45, 2.75) is 19.8 Å². The summed E-state index contributed by atoms with van der Waals surface area (Å²) in [6, 6.07) is 4.61. The summed E-state index contributed by atoms with van der Waals surface area (Å²) >= 11 is 11.6. The molecule has 0 heterocycles. The van der Waals surface area contributed by atoms with Crippen LogP contribution in [-0.2, 0) is 4.79 Å². The van der Waals surface area contributed by atoms with Crippen molar-refractivity contribution < 1.29 is 14.7 Å². The average Bonchev–Trinajstić information content (AvgIpc) is 2.32. The van der Waals surface area contributed by atoms with E-state index >= 15 is 0 Å². The standard InChI is InChI=1S/C13H15Cl2NO3/c1-8(13(18)19)3-2-4-16-12(17)9-5-10(14)7-11(15)6-9/h5-8H,2-4H2,1H3,(H,16,17)(H,18,19). The van der Waals surface area contributed by atoms with Crippen LogP contribution in [0.3, 0.4) is 0 Å². The highest BCUT2D eigenvalue weighted by molar-refractivity contribution is 6.35. The summed E-state index contributed by atoms with van der Waals surface area (Å²) in [4.78, 5) is 22.4. The van der Waals surface area contributed by atoms with Gasteiger partial charge in [-0.15, -0.1) is 0 Å². The molecule has 0 aromatic heterocycles. The normalized spacial score (nSPS) is 11.9. The lowest BCUT2D eigenvalue weighted by Crippen LogP contribution is -2.25. The van der Waals surface area contributed by atoms with E-state index in [1.54, 1.807) is 13.0 Å². The molecule has 2 N–H and O–H groups in total. The van der Waals surface area contributed by atoms with Crippen molar-refractivity contribution in [3.63, 3.8) is 0 Å². The molecule has 0 aliphatic rings. The van der Waals surface area contributed by atoms with Gasteiger partial charge in [-0.25, -0.2) is 0 Å². The number of carbonyl (C=O) groups excluding carboxylic acids is 1. The number of carboxylic acid groups (broad SMARTS) is 1. The van der Waals surface area contributed by atoms with Crippen molar-refractivity contribution in [1.82, 2.24) is 5.32 Å². The summed E-state index contributed by atoms with van der Waals surface area (Å²) in [5.41, 5.74) is 0.392. The zero-order valence-corrected chi connectivity index (χ0v) is 12.0. The Morgan fingerprint density at radius 3 is 2.37 bits per heavy atom. The molecule has 1 aromatic rings. The Morgan fingerprint density at radius 2 is 1.84 bits per heavy atom. The molecule has 19 heavy (non-hydrogen) atoms. The summed E-state index contributed by atoms with van der Waals surface area (Å²) in [5.74, 6) is -1.50. The quantitative estimate of drug-likeness (QED) is 0.793. The third-order valence-electron chi connectivity index (χ3n) is 2.65. The van der Waals surface area contributed by atoms with Crippen molar-refractivity contribution in [1.29, 1.82) is 0 Å². The minimum atomic E-state index is -0.826. The Kier molecular flexibility index (Phi) is 6.12. The van der Waals surface area contributed by atoms with Gasteiger partial charge in [-0.3, -0.25) is 9.59 Å². The number of hydrogen-bond acceptors (Lipinski definition) is 2. The Balaban J connectivity index is 2.41. The fourth-order valence-corrected chi connectivity index (χ4v) is 2.05. The number of carbonyl (C=O) groups is 2. The van der Waals surface area contributed by atoms with Gasteiger partial charge in [-0.05, 0) is 31.0 Å². The van der Waals surface area contributed by atoms with Crippen molar-refractivity contribution >= 4 is 35.1 Å². The molecule has 0 aliphatic heterocycles. The molecule has 0 saturated heterocycles. The number of hydrogen-bond donors (Lipinski definition) is 2. The average molecular weight is 304 g/mol. The van der Waals surface area contributed by atoms with E-state index in [0.29, 0.717) is 35.0 Å². The second-order valence-electron chi connectivity index (χ2n) is 4.30. The molecular weight excluding hydrogens is 289 g/mol. The summed E-state index contributed by atoms with van der Waals surface area (Å²) in [7, 11) is 0. The summed E-state index contributed by atoms with van der Waals surface area (Å²) in [6.07, 6.45) is 1.12. The fourth-order valence-electron chi connectivity index (χ4n) is 1.52. The highest BCUT2D eigenvalue weighted by Gasteiger charge is 2.11. The molecule has 1 amide bonds. The molecule has 1 atom stereocenters. The van der Waals surface area contributed by atoms with Crippen molar-refractivity contribution in [3.8, 4) is 0 Å². The third-order valence-corrected chi connectivity index (χ3v) is 3.08. The molecule has 0 bridgehead atoms. The zero-order valence-electron chi connectivity index (χ0n) is 10.5. The SMILES string of the molecule is CC(CCCNC(=O)c1cc(Cl)cc(Cl)c1)C(=O)O. The van der Waals surface area contributed by atoms with Crippen LogP contribution in [0, 0.1) is 5.92 Å². The molecule has 4 nitrogen and oxygen atoms in total. The monoisotopic (exact) mass is 303 g/mol. The van der Waals surface area contributed by atoms with E-state index in [4.69, 9.17) is 28.3 Å². The first-order valence-electron chi connectivity index (χ1n) is 5.87. The molecule has 0 spiro atoms. The molecule has 0 fully saturated rings. The first-order valence-corrected chi connectivity index (χ1v) is 6.63. The van der Waals surface area contributed by atoms with Gasteiger partial charge in [0.2, 0.25) is 0 Å². The van der Waals surface area contributed by atoms with Gasteiger partial charge in [-0.1, -0.05) is 30.1 Å². The Morgan fingerprint density at radius 1 is 1.26 bits per heavy atom. The van der Waals surface area contributed by atoms with Crippen LogP contribution in [0.25, 0.3) is 0 Å². The number of rotatable bonds is 6. The molecule has 0 saturated carbocycles. The maximum Gasteiger partial charge on any atom is 0.306 e. The van der Waals surface area contributed by atoms with Gasteiger partial charge >= 0.3 is 5.97 Å². The topological polar surface area (TPSA) is 66.4 Å². The van der Waals surface area contributed by atoms with E-state index in [1.807, 2.05) is 0 Å². The van der Waals surface area contributed by atoms with Gasteiger partial charge in [-0.2, -0.15) is 0 Å². The maximum atomic E-state index is 11.8. The lowest BCUT2D eigenvalue weighted by atomic mass is 10.1. The summed E-state index contributed by atoms with van der Waals surface area (Å²) in [6.45, 7) is 2.06. The van der Waals surface area contributed by atoms with E-state index in [1.165, 1.54) is 12.1 Å². The van der Waals surface area contributed by atoms with E-state index in [-0.39, 0.29) is 5.91 Å². The lowest BCUT2D eigenvalue weighted by Gasteiger charge is -2.08. The molecular formula is C13H15Cl2NO3. The highest BCUT2D eigenvalue weighted by Crippen LogP contribution is 2.18. The van der Waals surface area contributed by atoms with Crippen LogP contribution in [0.5, 0.6) is 0 Å². The van der Waals surface area contributed by atoms with Crippen LogP contribution in [0.1, 0.15) is 30.1 Å². The smallest absolute Gasteiger partial charge is 0.306 e. The van der Waals surface area contributed by atoms with Gasteiger partial charge in [0.05, 0.1) is 5.92 Å². The van der Waals surface area contributed by atoms with E-state index in [2.05, 4.69) is 5.32 Å². The number of halogens is 2. The van der Waals surface area contributed by atoms with Gasteiger partial charge < -0.3 is 10.4 Å². The second-order valence-corrected chi connectivity index (χ2v) is 5.17.